The quantitative estimate of drug-likeness (QED) is 0.623. The molecular weight excluding hydrogens is 133 g/mol. The minimum atomic E-state index is -0.498. The standard InChI is InChI=1S/C7H14FNO/c1-7(2,3)6(10)9-5-4-8/h4-5H2,1-3H3,(H,9,10). The Balaban J connectivity index is 3.64. The number of amides is 1. The van der Waals surface area contributed by atoms with Gasteiger partial charge in [-0.05, 0) is 0 Å². The van der Waals surface area contributed by atoms with Crippen LogP contribution in [0.3, 0.4) is 0 Å². The first-order chi connectivity index (χ1) is 4.48. The third kappa shape index (κ3) is 3.43. The normalized spacial score (nSPS) is 11.2. The molecule has 1 N–H and O–H groups in total. The zero-order chi connectivity index (χ0) is 8.20. The van der Waals surface area contributed by atoms with Gasteiger partial charge in [-0.25, -0.2) is 4.39 Å². The maximum atomic E-state index is 11.5. The maximum Gasteiger partial charge on any atom is 0.225 e. The van der Waals surface area contributed by atoms with E-state index < -0.39 is 12.1 Å². The highest BCUT2D eigenvalue weighted by Crippen LogP contribution is 2.11. The molecule has 10 heavy (non-hydrogen) atoms. The second-order valence-electron chi connectivity index (χ2n) is 3.19. The number of hydrogen-bond donors (Lipinski definition) is 1. The number of hydrogen-bond acceptors (Lipinski definition) is 1. The first-order valence-corrected chi connectivity index (χ1v) is 3.32. The van der Waals surface area contributed by atoms with Crippen LogP contribution in [0.2, 0.25) is 0 Å². The van der Waals surface area contributed by atoms with Crippen LogP contribution in [0.25, 0.3) is 0 Å². The lowest BCUT2D eigenvalue weighted by Gasteiger charge is -2.16. The van der Waals surface area contributed by atoms with Crippen LogP contribution in [0.15, 0.2) is 0 Å². The van der Waals surface area contributed by atoms with Gasteiger partial charge in [0.15, 0.2) is 0 Å². The lowest BCUT2D eigenvalue weighted by molar-refractivity contribution is -0.128. The highest BCUT2D eigenvalue weighted by Gasteiger charge is 2.19. The second-order valence-corrected chi connectivity index (χ2v) is 3.19. The molecule has 0 aliphatic carbocycles. The Hall–Kier alpha value is -0.600. The van der Waals surface area contributed by atoms with E-state index in [1.54, 1.807) is 20.8 Å². The van der Waals surface area contributed by atoms with Crippen molar-refractivity contribution in [3.63, 3.8) is 0 Å². The molecule has 1 amide bonds. The molecule has 0 radical (unpaired) electrons. The van der Waals surface area contributed by atoms with Gasteiger partial charge >= 0.3 is 0 Å². The molecule has 0 aliphatic heterocycles. The Morgan fingerprint density at radius 3 is 2.30 bits per heavy atom. The van der Waals surface area contributed by atoms with Crippen LogP contribution in [0.5, 0.6) is 0 Å². The predicted octanol–water partition coefficient (Wildman–Crippen LogP) is 1.12. The average Bonchev–Trinajstić information content (AvgIpc) is 1.80. The van der Waals surface area contributed by atoms with E-state index in [0.717, 1.165) is 0 Å². The van der Waals surface area contributed by atoms with Crippen LogP contribution < -0.4 is 5.32 Å². The fourth-order valence-electron chi connectivity index (χ4n) is 0.426. The van der Waals surface area contributed by atoms with Gasteiger partial charge in [0.25, 0.3) is 0 Å². The Kier molecular flexibility index (Phi) is 3.33. The number of halogens is 1. The van der Waals surface area contributed by atoms with Crippen LogP contribution in [-0.4, -0.2) is 19.1 Å². The first kappa shape index (κ1) is 9.40. The average molecular weight is 147 g/mol. The van der Waals surface area contributed by atoms with E-state index in [1.165, 1.54) is 0 Å². The number of alkyl halides is 1. The van der Waals surface area contributed by atoms with E-state index >= 15 is 0 Å². The third-order valence-corrected chi connectivity index (χ3v) is 1.06. The highest BCUT2D eigenvalue weighted by atomic mass is 19.1. The third-order valence-electron chi connectivity index (χ3n) is 1.06. The number of carbonyl (C=O) groups excluding carboxylic acids is 1. The van der Waals surface area contributed by atoms with E-state index in [0.29, 0.717) is 0 Å². The minimum absolute atomic E-state index is 0.106. The van der Waals surface area contributed by atoms with Crippen molar-refractivity contribution in [3.05, 3.63) is 0 Å². The molecule has 3 heteroatoms. The van der Waals surface area contributed by atoms with Gasteiger partial charge in [0.05, 0.1) is 0 Å². The molecule has 0 aliphatic rings. The maximum absolute atomic E-state index is 11.5. The lowest BCUT2D eigenvalue weighted by atomic mass is 9.96. The summed E-state index contributed by atoms with van der Waals surface area (Å²) in [5.74, 6) is -0.106. The zero-order valence-electron chi connectivity index (χ0n) is 6.70. The first-order valence-electron chi connectivity index (χ1n) is 3.32. The molecular formula is C7H14FNO. The Morgan fingerprint density at radius 1 is 1.50 bits per heavy atom. The molecule has 0 fully saturated rings. The van der Waals surface area contributed by atoms with E-state index in [2.05, 4.69) is 5.32 Å². The van der Waals surface area contributed by atoms with Crippen molar-refractivity contribution < 1.29 is 9.18 Å². The van der Waals surface area contributed by atoms with Crippen molar-refractivity contribution in [2.45, 2.75) is 20.8 Å². The molecule has 0 saturated carbocycles. The van der Waals surface area contributed by atoms with Crippen molar-refractivity contribution in [1.82, 2.24) is 5.32 Å². The molecule has 60 valence electrons. The summed E-state index contributed by atoms with van der Waals surface area (Å²) >= 11 is 0. The van der Waals surface area contributed by atoms with Gasteiger partial charge < -0.3 is 5.32 Å². The number of carbonyl (C=O) groups is 1. The van der Waals surface area contributed by atoms with Crippen molar-refractivity contribution in [2.75, 3.05) is 13.2 Å². The van der Waals surface area contributed by atoms with E-state index in [1.807, 2.05) is 0 Å². The summed E-state index contributed by atoms with van der Waals surface area (Å²) in [6.45, 7) is 5.00. The molecule has 0 rings (SSSR count). The zero-order valence-corrected chi connectivity index (χ0v) is 6.70. The lowest BCUT2D eigenvalue weighted by Crippen LogP contribution is -2.35. The van der Waals surface area contributed by atoms with Crippen LogP contribution in [0.1, 0.15) is 20.8 Å². The van der Waals surface area contributed by atoms with Crippen LogP contribution in [-0.2, 0) is 4.79 Å². The minimum Gasteiger partial charge on any atom is -0.353 e. The topological polar surface area (TPSA) is 29.1 Å². The molecule has 0 bridgehead atoms. The summed E-state index contributed by atoms with van der Waals surface area (Å²) in [5, 5.41) is 2.46. The SMILES string of the molecule is CC(C)(C)C(=O)NCCF. The van der Waals surface area contributed by atoms with Gasteiger partial charge in [0, 0.05) is 12.0 Å². The fraction of sp³-hybridized carbons (Fsp3) is 0.857. The summed E-state index contributed by atoms with van der Waals surface area (Å²) in [6.07, 6.45) is 0. The molecule has 0 unspecified atom stereocenters. The van der Waals surface area contributed by atoms with Crippen molar-refractivity contribution in [2.24, 2.45) is 5.41 Å². The van der Waals surface area contributed by atoms with Gasteiger partial charge in [-0.3, -0.25) is 4.79 Å². The largest absolute Gasteiger partial charge is 0.353 e. The van der Waals surface area contributed by atoms with Crippen LogP contribution >= 0.6 is 0 Å². The van der Waals surface area contributed by atoms with Gasteiger partial charge in [-0.1, -0.05) is 20.8 Å². The van der Waals surface area contributed by atoms with Gasteiger partial charge in [-0.2, -0.15) is 0 Å². The molecule has 0 saturated heterocycles. The molecule has 0 aromatic heterocycles. The Labute approximate surface area is 60.8 Å². The summed E-state index contributed by atoms with van der Waals surface area (Å²) in [4.78, 5) is 10.9. The van der Waals surface area contributed by atoms with Crippen LogP contribution in [0.4, 0.5) is 4.39 Å². The number of nitrogens with one attached hydrogen (secondary N) is 1. The molecule has 0 spiro atoms. The molecule has 0 atom stereocenters. The van der Waals surface area contributed by atoms with E-state index in [4.69, 9.17) is 0 Å². The highest BCUT2D eigenvalue weighted by molar-refractivity contribution is 5.81. The smallest absolute Gasteiger partial charge is 0.225 e. The Bertz CT molecular complexity index is 117. The van der Waals surface area contributed by atoms with E-state index in [9.17, 15) is 9.18 Å². The fourth-order valence-corrected chi connectivity index (χ4v) is 0.426. The molecule has 0 aromatic rings. The van der Waals surface area contributed by atoms with Crippen LogP contribution in [0, 0.1) is 5.41 Å². The van der Waals surface area contributed by atoms with Gasteiger partial charge in [0.2, 0.25) is 5.91 Å². The van der Waals surface area contributed by atoms with Crippen molar-refractivity contribution in [1.29, 1.82) is 0 Å². The summed E-state index contributed by atoms with van der Waals surface area (Å²) in [6, 6.07) is 0. The van der Waals surface area contributed by atoms with E-state index in [-0.39, 0.29) is 12.5 Å². The summed E-state index contributed by atoms with van der Waals surface area (Å²) < 4.78 is 11.5. The summed E-state index contributed by atoms with van der Waals surface area (Å²) in [5.41, 5.74) is -0.408. The molecule has 2 nitrogen and oxygen atoms in total. The van der Waals surface area contributed by atoms with Crippen molar-refractivity contribution >= 4 is 5.91 Å². The second kappa shape index (κ2) is 3.54. The van der Waals surface area contributed by atoms with Gasteiger partial charge in [-0.15, -0.1) is 0 Å². The molecule has 0 heterocycles. The Morgan fingerprint density at radius 2 is 2.00 bits per heavy atom. The summed E-state index contributed by atoms with van der Waals surface area (Å²) in [7, 11) is 0. The monoisotopic (exact) mass is 147 g/mol. The number of rotatable bonds is 2. The predicted molar refractivity (Wildman–Crippen MR) is 38.4 cm³/mol. The van der Waals surface area contributed by atoms with Crippen molar-refractivity contribution in [3.8, 4) is 0 Å². The van der Waals surface area contributed by atoms with Gasteiger partial charge in [0.1, 0.15) is 6.67 Å². The molecule has 0 aromatic carbocycles.